The summed E-state index contributed by atoms with van der Waals surface area (Å²) in [6.07, 6.45) is 0.865. The topological polar surface area (TPSA) is 81.2 Å². The molecule has 0 atom stereocenters. The Balaban J connectivity index is 1.60. The average molecular weight is 357 g/mol. The quantitative estimate of drug-likeness (QED) is 0.388. The Kier molecular flexibility index (Phi) is 5.25. The van der Waals surface area contributed by atoms with Gasteiger partial charge in [-0.15, -0.1) is 11.3 Å². The molecule has 0 unspecified atom stereocenters. The van der Waals surface area contributed by atoms with Crippen molar-refractivity contribution in [2.45, 2.75) is 26.8 Å². The van der Waals surface area contributed by atoms with Gasteiger partial charge in [-0.1, -0.05) is 17.3 Å². The number of aromatic nitrogens is 1. The van der Waals surface area contributed by atoms with Gasteiger partial charge in [-0.05, 0) is 45.0 Å². The number of nitro benzene ring substituents is 1. The number of para-hydroxylation sites is 1. The van der Waals surface area contributed by atoms with E-state index in [-0.39, 0.29) is 10.6 Å². The van der Waals surface area contributed by atoms with Gasteiger partial charge >= 0.3 is 0 Å². The molecular weight excluding hydrogens is 338 g/mol. The molecule has 0 aliphatic heterocycles. The fourth-order valence-corrected chi connectivity index (χ4v) is 3.75. The van der Waals surface area contributed by atoms with Gasteiger partial charge in [0.2, 0.25) is 0 Å². The number of nitro groups is 1. The third-order valence-corrected chi connectivity index (χ3v) is 5.18. The van der Waals surface area contributed by atoms with Crippen LogP contribution in [0.25, 0.3) is 10.4 Å². The first kappa shape index (κ1) is 17.3. The third kappa shape index (κ3) is 3.94. The molecule has 0 bridgehead atoms. The van der Waals surface area contributed by atoms with Gasteiger partial charge in [0, 0.05) is 27.9 Å². The van der Waals surface area contributed by atoms with Crippen LogP contribution in [-0.4, -0.2) is 16.6 Å². The van der Waals surface area contributed by atoms with Gasteiger partial charge in [-0.2, -0.15) is 0 Å². The molecule has 1 aromatic carbocycles. The van der Waals surface area contributed by atoms with E-state index >= 15 is 0 Å². The van der Waals surface area contributed by atoms with Crippen molar-refractivity contribution in [3.05, 3.63) is 68.4 Å². The van der Waals surface area contributed by atoms with E-state index in [4.69, 9.17) is 4.52 Å². The van der Waals surface area contributed by atoms with Gasteiger partial charge in [-0.3, -0.25) is 10.1 Å². The fraction of sp³-hybridized carbons (Fsp3) is 0.278. The maximum Gasteiger partial charge on any atom is 0.278 e. The lowest BCUT2D eigenvalue weighted by atomic mass is 10.1. The van der Waals surface area contributed by atoms with Crippen LogP contribution in [0, 0.1) is 24.0 Å². The molecule has 2 aromatic heterocycles. The highest BCUT2D eigenvalue weighted by atomic mass is 32.1. The van der Waals surface area contributed by atoms with Crippen molar-refractivity contribution in [2.75, 3.05) is 6.54 Å². The molecule has 0 saturated carbocycles. The zero-order chi connectivity index (χ0) is 17.8. The highest BCUT2D eigenvalue weighted by Gasteiger charge is 2.15. The number of rotatable bonds is 7. The second kappa shape index (κ2) is 7.58. The number of hydrogen-bond donors (Lipinski definition) is 1. The van der Waals surface area contributed by atoms with E-state index in [0.717, 1.165) is 46.3 Å². The zero-order valence-electron chi connectivity index (χ0n) is 14.1. The predicted molar refractivity (Wildman–Crippen MR) is 97.8 cm³/mol. The Labute approximate surface area is 149 Å². The van der Waals surface area contributed by atoms with E-state index < -0.39 is 0 Å². The molecule has 0 saturated heterocycles. The highest BCUT2D eigenvalue weighted by Crippen LogP contribution is 2.34. The summed E-state index contributed by atoms with van der Waals surface area (Å²) >= 11 is 1.57. The van der Waals surface area contributed by atoms with Gasteiger partial charge in [0.05, 0.1) is 16.2 Å². The minimum absolute atomic E-state index is 0.141. The molecule has 2 heterocycles. The summed E-state index contributed by atoms with van der Waals surface area (Å²) in [4.78, 5) is 12.9. The van der Waals surface area contributed by atoms with Gasteiger partial charge in [-0.25, -0.2) is 0 Å². The minimum Gasteiger partial charge on any atom is -0.361 e. The number of hydrogen-bond acceptors (Lipinski definition) is 6. The third-order valence-electron chi connectivity index (χ3n) is 4.06. The molecular formula is C18H19N3O3S. The van der Waals surface area contributed by atoms with Crippen LogP contribution in [0.4, 0.5) is 5.69 Å². The van der Waals surface area contributed by atoms with Gasteiger partial charge in [0.25, 0.3) is 5.69 Å². The van der Waals surface area contributed by atoms with Crippen LogP contribution in [0.5, 0.6) is 0 Å². The number of aryl methyl sites for hydroxylation is 2. The fourth-order valence-electron chi connectivity index (χ4n) is 2.74. The summed E-state index contributed by atoms with van der Waals surface area (Å²) in [5.74, 6) is 0.870. The van der Waals surface area contributed by atoms with Gasteiger partial charge in [0.1, 0.15) is 5.76 Å². The normalized spacial score (nSPS) is 11.0. The van der Waals surface area contributed by atoms with Crippen LogP contribution in [0.2, 0.25) is 0 Å². The van der Waals surface area contributed by atoms with Crippen molar-refractivity contribution in [2.24, 2.45) is 0 Å². The first-order chi connectivity index (χ1) is 12.1. The van der Waals surface area contributed by atoms with Crippen molar-refractivity contribution in [3.63, 3.8) is 0 Å². The Morgan fingerprint density at radius 1 is 1.24 bits per heavy atom. The molecule has 0 fully saturated rings. The van der Waals surface area contributed by atoms with Crippen molar-refractivity contribution in [1.29, 1.82) is 0 Å². The van der Waals surface area contributed by atoms with Crippen molar-refractivity contribution in [1.82, 2.24) is 10.5 Å². The van der Waals surface area contributed by atoms with Gasteiger partial charge < -0.3 is 9.84 Å². The summed E-state index contributed by atoms with van der Waals surface area (Å²) in [6.45, 7) is 5.42. The molecule has 0 amide bonds. The molecule has 3 rings (SSSR count). The number of benzene rings is 1. The number of nitrogens with zero attached hydrogens (tertiary/aromatic N) is 2. The van der Waals surface area contributed by atoms with Crippen molar-refractivity contribution >= 4 is 17.0 Å². The number of thiophene rings is 1. The summed E-state index contributed by atoms with van der Waals surface area (Å²) in [5.41, 5.74) is 2.90. The first-order valence-corrected chi connectivity index (χ1v) is 8.83. The molecule has 6 nitrogen and oxygen atoms in total. The molecule has 0 radical (unpaired) electrons. The lowest BCUT2D eigenvalue weighted by Crippen LogP contribution is -2.16. The van der Waals surface area contributed by atoms with E-state index in [9.17, 15) is 10.1 Å². The monoisotopic (exact) mass is 357 g/mol. The van der Waals surface area contributed by atoms with Crippen LogP contribution >= 0.6 is 11.3 Å². The van der Waals surface area contributed by atoms with Crippen LogP contribution in [0.3, 0.4) is 0 Å². The summed E-state index contributed by atoms with van der Waals surface area (Å²) in [5, 5.41) is 18.5. The standard InChI is InChI=1S/C18H19N3O3S/c1-12-15(13(2)24-20-12)9-10-19-11-14-7-8-18(25-14)16-5-3-4-6-17(16)21(22)23/h3-8,19H,9-11H2,1-2H3. The van der Waals surface area contributed by atoms with Crippen LogP contribution < -0.4 is 5.32 Å². The molecule has 0 aliphatic carbocycles. The Morgan fingerprint density at radius 3 is 2.76 bits per heavy atom. The van der Waals surface area contributed by atoms with E-state index in [1.807, 2.05) is 32.0 Å². The first-order valence-electron chi connectivity index (χ1n) is 8.01. The molecule has 130 valence electrons. The molecule has 0 spiro atoms. The number of nitrogens with one attached hydrogen (secondary N) is 1. The lowest BCUT2D eigenvalue weighted by Gasteiger charge is -2.03. The Bertz CT molecular complexity index is 866. The molecule has 1 N–H and O–H groups in total. The predicted octanol–water partition coefficient (Wildman–Crippen LogP) is 4.26. The molecule has 25 heavy (non-hydrogen) atoms. The SMILES string of the molecule is Cc1noc(C)c1CCNCc1ccc(-c2ccccc2[N+](=O)[O-])s1. The summed E-state index contributed by atoms with van der Waals surface area (Å²) in [7, 11) is 0. The second-order valence-electron chi connectivity index (χ2n) is 5.77. The van der Waals surface area contributed by atoms with Crippen molar-refractivity contribution in [3.8, 4) is 10.4 Å². The highest BCUT2D eigenvalue weighted by molar-refractivity contribution is 7.15. The van der Waals surface area contributed by atoms with Crippen LogP contribution in [0.15, 0.2) is 40.9 Å². The van der Waals surface area contributed by atoms with Crippen LogP contribution in [-0.2, 0) is 13.0 Å². The van der Waals surface area contributed by atoms with Gasteiger partial charge in [0.15, 0.2) is 0 Å². The van der Waals surface area contributed by atoms with Crippen LogP contribution in [0.1, 0.15) is 21.9 Å². The van der Waals surface area contributed by atoms with Crippen molar-refractivity contribution < 1.29 is 9.45 Å². The Morgan fingerprint density at radius 2 is 2.04 bits per heavy atom. The summed E-state index contributed by atoms with van der Waals surface area (Å²) in [6, 6.07) is 10.8. The van der Waals surface area contributed by atoms with E-state index in [0.29, 0.717) is 5.56 Å². The smallest absolute Gasteiger partial charge is 0.278 e. The van der Waals surface area contributed by atoms with E-state index in [2.05, 4.69) is 10.5 Å². The average Bonchev–Trinajstić information content (AvgIpc) is 3.19. The second-order valence-corrected chi connectivity index (χ2v) is 6.94. The van der Waals surface area contributed by atoms with E-state index in [1.54, 1.807) is 23.5 Å². The van der Waals surface area contributed by atoms with E-state index in [1.165, 1.54) is 6.07 Å². The Hall–Kier alpha value is -2.51. The maximum atomic E-state index is 11.2. The molecule has 7 heteroatoms. The zero-order valence-corrected chi connectivity index (χ0v) is 14.9. The lowest BCUT2D eigenvalue weighted by molar-refractivity contribution is -0.384. The largest absolute Gasteiger partial charge is 0.361 e. The summed E-state index contributed by atoms with van der Waals surface area (Å²) < 4.78 is 5.16. The maximum absolute atomic E-state index is 11.2. The molecule has 3 aromatic rings. The molecule has 0 aliphatic rings. The minimum atomic E-state index is -0.337.